The van der Waals surface area contributed by atoms with Gasteiger partial charge in [-0.1, -0.05) is 13.3 Å². The highest BCUT2D eigenvalue weighted by Gasteiger charge is 2.29. The highest BCUT2D eigenvalue weighted by molar-refractivity contribution is 4.80. The summed E-state index contributed by atoms with van der Waals surface area (Å²) in [4.78, 5) is 0. The molecule has 5 heteroatoms. The Morgan fingerprint density at radius 3 is 1.75 bits per heavy atom. The van der Waals surface area contributed by atoms with Gasteiger partial charge in [-0.3, -0.25) is 0 Å². The lowest BCUT2D eigenvalue weighted by atomic mass is 9.97. The van der Waals surface area contributed by atoms with Gasteiger partial charge in [0.25, 0.3) is 0 Å². The molecule has 0 bridgehead atoms. The highest BCUT2D eigenvalue weighted by atomic mass is 16.4. The molecule has 98 valence electrons. The fraction of sp³-hybridized carbons (Fsp3) is 1.00. The van der Waals surface area contributed by atoms with Crippen LogP contribution in [-0.4, -0.2) is 56.6 Å². The Balaban J connectivity index is 3.94. The van der Waals surface area contributed by atoms with Gasteiger partial charge in [-0.15, -0.1) is 0 Å². The van der Waals surface area contributed by atoms with Crippen molar-refractivity contribution in [3.63, 3.8) is 0 Å². The van der Waals surface area contributed by atoms with E-state index in [9.17, 15) is 20.4 Å². The van der Waals surface area contributed by atoms with E-state index in [0.717, 1.165) is 0 Å². The van der Waals surface area contributed by atoms with Crippen molar-refractivity contribution >= 4 is 0 Å². The quantitative estimate of drug-likeness (QED) is 0.344. The minimum absolute atomic E-state index is 0.0455. The van der Waals surface area contributed by atoms with Crippen LogP contribution in [0.15, 0.2) is 0 Å². The molecule has 0 aromatic carbocycles. The first-order valence-corrected chi connectivity index (χ1v) is 5.87. The minimum Gasteiger partial charge on any atom is -0.396 e. The Labute approximate surface area is 96.4 Å². The van der Waals surface area contributed by atoms with Crippen LogP contribution >= 0.6 is 0 Å². The van der Waals surface area contributed by atoms with E-state index in [1.165, 1.54) is 0 Å². The van der Waals surface area contributed by atoms with Crippen molar-refractivity contribution in [2.24, 2.45) is 0 Å². The van der Waals surface area contributed by atoms with Crippen molar-refractivity contribution in [3.8, 4) is 0 Å². The van der Waals surface area contributed by atoms with E-state index >= 15 is 0 Å². The maximum atomic E-state index is 9.56. The molecule has 0 rings (SSSR count). The average molecular weight is 236 g/mol. The van der Waals surface area contributed by atoms with Gasteiger partial charge < -0.3 is 25.5 Å². The second-order valence-corrected chi connectivity index (χ2v) is 4.12. The van der Waals surface area contributed by atoms with Crippen molar-refractivity contribution < 1.29 is 25.5 Å². The summed E-state index contributed by atoms with van der Waals surface area (Å²) >= 11 is 0. The van der Waals surface area contributed by atoms with Crippen LogP contribution in [0.5, 0.6) is 0 Å². The van der Waals surface area contributed by atoms with Crippen molar-refractivity contribution in [3.05, 3.63) is 0 Å². The van der Waals surface area contributed by atoms with Crippen molar-refractivity contribution in [1.82, 2.24) is 0 Å². The second kappa shape index (κ2) is 8.90. The maximum absolute atomic E-state index is 9.56. The molecule has 0 radical (unpaired) electrons. The average Bonchev–Trinajstić information content (AvgIpc) is 2.27. The van der Waals surface area contributed by atoms with Crippen molar-refractivity contribution in [1.29, 1.82) is 0 Å². The first kappa shape index (κ1) is 15.8. The largest absolute Gasteiger partial charge is 0.396 e. The van der Waals surface area contributed by atoms with E-state index in [4.69, 9.17) is 5.11 Å². The zero-order chi connectivity index (χ0) is 12.6. The summed E-state index contributed by atoms with van der Waals surface area (Å²) in [6.45, 7) is 1.91. The Morgan fingerprint density at radius 2 is 1.31 bits per heavy atom. The molecule has 0 heterocycles. The first-order valence-electron chi connectivity index (χ1n) is 5.87. The molecule has 0 aromatic rings. The molecule has 0 saturated heterocycles. The SMILES string of the molecule is CCCC(O)C(O)C(O)C(O)CCCCO. The molecule has 0 saturated carbocycles. The van der Waals surface area contributed by atoms with Crippen LogP contribution in [0.25, 0.3) is 0 Å². The fourth-order valence-electron chi connectivity index (χ4n) is 1.56. The number of rotatable bonds is 9. The van der Waals surface area contributed by atoms with Gasteiger partial charge in [0.05, 0.1) is 12.2 Å². The Morgan fingerprint density at radius 1 is 0.812 bits per heavy atom. The molecule has 0 aliphatic heterocycles. The summed E-state index contributed by atoms with van der Waals surface area (Å²) in [6, 6.07) is 0. The molecule has 16 heavy (non-hydrogen) atoms. The molecule has 0 amide bonds. The first-order chi connectivity index (χ1) is 7.54. The summed E-state index contributed by atoms with van der Waals surface area (Å²) < 4.78 is 0. The zero-order valence-corrected chi connectivity index (χ0v) is 9.79. The normalized spacial score (nSPS) is 19.1. The third-order valence-corrected chi connectivity index (χ3v) is 2.63. The molecule has 0 spiro atoms. The van der Waals surface area contributed by atoms with E-state index in [2.05, 4.69) is 0 Å². The predicted molar refractivity (Wildman–Crippen MR) is 59.9 cm³/mol. The van der Waals surface area contributed by atoms with Gasteiger partial charge in [0, 0.05) is 6.61 Å². The predicted octanol–water partition coefficient (Wildman–Crippen LogP) is -0.607. The van der Waals surface area contributed by atoms with E-state index in [-0.39, 0.29) is 6.61 Å². The van der Waals surface area contributed by atoms with Gasteiger partial charge in [-0.2, -0.15) is 0 Å². The number of hydrogen-bond acceptors (Lipinski definition) is 5. The molecule has 0 aliphatic rings. The van der Waals surface area contributed by atoms with E-state index in [1.807, 2.05) is 6.92 Å². The number of aliphatic hydroxyl groups is 5. The van der Waals surface area contributed by atoms with Crippen LogP contribution in [0.2, 0.25) is 0 Å². The summed E-state index contributed by atoms with van der Waals surface area (Å²) in [5.41, 5.74) is 0. The van der Waals surface area contributed by atoms with Gasteiger partial charge in [0.2, 0.25) is 0 Å². The number of unbranched alkanes of at least 4 members (excludes halogenated alkanes) is 1. The van der Waals surface area contributed by atoms with Crippen LogP contribution in [0.3, 0.4) is 0 Å². The van der Waals surface area contributed by atoms with Crippen LogP contribution < -0.4 is 0 Å². The van der Waals surface area contributed by atoms with Crippen LogP contribution in [0.4, 0.5) is 0 Å². The molecule has 4 unspecified atom stereocenters. The summed E-state index contributed by atoms with van der Waals surface area (Å²) in [5, 5.41) is 46.6. The standard InChI is InChI=1S/C11H24O5/c1-2-5-8(13)10(15)11(16)9(14)6-3-4-7-12/h8-16H,2-7H2,1H3. The summed E-state index contributed by atoms with van der Waals surface area (Å²) in [6.07, 6.45) is -2.20. The molecule has 5 nitrogen and oxygen atoms in total. The summed E-state index contributed by atoms with van der Waals surface area (Å²) in [5.74, 6) is 0. The van der Waals surface area contributed by atoms with E-state index in [1.54, 1.807) is 0 Å². The van der Waals surface area contributed by atoms with Gasteiger partial charge >= 0.3 is 0 Å². The second-order valence-electron chi connectivity index (χ2n) is 4.12. The smallest absolute Gasteiger partial charge is 0.108 e. The molecule has 5 N–H and O–H groups in total. The number of aliphatic hydroxyl groups excluding tert-OH is 5. The van der Waals surface area contributed by atoms with Crippen LogP contribution in [-0.2, 0) is 0 Å². The molecular weight excluding hydrogens is 212 g/mol. The van der Waals surface area contributed by atoms with Crippen molar-refractivity contribution in [2.75, 3.05) is 6.61 Å². The number of hydrogen-bond donors (Lipinski definition) is 5. The Kier molecular flexibility index (Phi) is 8.78. The topological polar surface area (TPSA) is 101 Å². The van der Waals surface area contributed by atoms with Crippen LogP contribution in [0, 0.1) is 0 Å². The minimum atomic E-state index is -1.33. The third-order valence-electron chi connectivity index (χ3n) is 2.63. The van der Waals surface area contributed by atoms with Gasteiger partial charge in [0.1, 0.15) is 12.2 Å². The van der Waals surface area contributed by atoms with Crippen LogP contribution in [0.1, 0.15) is 39.0 Å². The van der Waals surface area contributed by atoms with Gasteiger partial charge in [-0.05, 0) is 25.7 Å². The molecular formula is C11H24O5. The fourth-order valence-corrected chi connectivity index (χ4v) is 1.56. The Bertz CT molecular complexity index is 164. The molecule has 0 aromatic heterocycles. The molecule has 0 aliphatic carbocycles. The van der Waals surface area contributed by atoms with E-state index in [0.29, 0.717) is 32.1 Å². The monoisotopic (exact) mass is 236 g/mol. The summed E-state index contributed by atoms with van der Waals surface area (Å²) in [7, 11) is 0. The lowest BCUT2D eigenvalue weighted by Gasteiger charge is -2.26. The third kappa shape index (κ3) is 5.77. The van der Waals surface area contributed by atoms with E-state index < -0.39 is 24.4 Å². The lowest BCUT2D eigenvalue weighted by molar-refractivity contribution is -0.108. The molecule has 4 atom stereocenters. The van der Waals surface area contributed by atoms with Crippen molar-refractivity contribution in [2.45, 2.75) is 63.4 Å². The van der Waals surface area contributed by atoms with Gasteiger partial charge in [-0.25, -0.2) is 0 Å². The lowest BCUT2D eigenvalue weighted by Crippen LogP contribution is -2.44. The maximum Gasteiger partial charge on any atom is 0.108 e. The van der Waals surface area contributed by atoms with Gasteiger partial charge in [0.15, 0.2) is 0 Å². The Hall–Kier alpha value is -0.200. The highest BCUT2D eigenvalue weighted by Crippen LogP contribution is 2.13. The zero-order valence-electron chi connectivity index (χ0n) is 9.79. The molecule has 0 fully saturated rings.